The van der Waals surface area contributed by atoms with Crippen LogP contribution in [0.15, 0.2) is 42.5 Å². The van der Waals surface area contributed by atoms with Crippen LogP contribution in [0.5, 0.6) is 0 Å². The molecule has 2 saturated heterocycles. The standard InChI is InChI=1S/C22H22F3NO4/c23-18-6-7-19(24)20(25)17(18)10-22(28)8-15-12-29-13-16(9-22)26(15)21(27)30-11-14-4-2-1-3-5-14/h1-7,15-16,28H,8-13H2. The third-order valence-electron chi connectivity index (χ3n) is 5.70. The Labute approximate surface area is 172 Å². The lowest BCUT2D eigenvalue weighted by Gasteiger charge is -2.50. The zero-order valence-corrected chi connectivity index (χ0v) is 16.2. The molecule has 2 aromatic rings. The van der Waals surface area contributed by atoms with Gasteiger partial charge in [0.05, 0.1) is 30.9 Å². The Hall–Kier alpha value is -2.58. The monoisotopic (exact) mass is 421 g/mol. The van der Waals surface area contributed by atoms with Crippen LogP contribution >= 0.6 is 0 Å². The molecular formula is C22H22F3NO4. The summed E-state index contributed by atoms with van der Waals surface area (Å²) < 4.78 is 52.7. The summed E-state index contributed by atoms with van der Waals surface area (Å²) in [4.78, 5) is 14.2. The molecule has 0 aliphatic carbocycles. The van der Waals surface area contributed by atoms with Gasteiger partial charge in [0.1, 0.15) is 12.4 Å². The minimum Gasteiger partial charge on any atom is -0.445 e. The van der Waals surface area contributed by atoms with E-state index in [9.17, 15) is 23.1 Å². The lowest BCUT2D eigenvalue weighted by atomic mass is 9.77. The number of aliphatic hydroxyl groups is 1. The van der Waals surface area contributed by atoms with E-state index < -0.39 is 46.8 Å². The fourth-order valence-electron chi connectivity index (χ4n) is 4.37. The number of piperidine rings is 1. The third-order valence-corrected chi connectivity index (χ3v) is 5.70. The number of carbonyl (C=O) groups is 1. The van der Waals surface area contributed by atoms with Crippen molar-refractivity contribution in [1.29, 1.82) is 0 Å². The van der Waals surface area contributed by atoms with Crippen LogP contribution in [0.2, 0.25) is 0 Å². The van der Waals surface area contributed by atoms with E-state index in [-0.39, 0.29) is 39.1 Å². The Kier molecular flexibility index (Phi) is 5.71. The van der Waals surface area contributed by atoms with Crippen LogP contribution < -0.4 is 0 Å². The van der Waals surface area contributed by atoms with Crippen molar-refractivity contribution in [1.82, 2.24) is 4.90 Å². The summed E-state index contributed by atoms with van der Waals surface area (Å²) in [7, 11) is 0. The molecule has 1 amide bonds. The predicted octanol–water partition coefficient (Wildman–Crippen LogP) is 3.58. The molecule has 2 fully saturated rings. The third kappa shape index (κ3) is 4.15. The van der Waals surface area contributed by atoms with Crippen molar-refractivity contribution < 1.29 is 32.5 Å². The van der Waals surface area contributed by atoms with Crippen LogP contribution in [-0.4, -0.2) is 47.0 Å². The molecule has 2 aromatic carbocycles. The lowest BCUT2D eigenvalue weighted by Crippen LogP contribution is -2.64. The maximum absolute atomic E-state index is 14.1. The molecule has 4 rings (SSSR count). The first-order valence-electron chi connectivity index (χ1n) is 9.78. The first-order valence-corrected chi connectivity index (χ1v) is 9.78. The van der Waals surface area contributed by atoms with Gasteiger partial charge < -0.3 is 14.6 Å². The number of benzene rings is 2. The summed E-state index contributed by atoms with van der Waals surface area (Å²) in [6.45, 7) is 0.460. The Bertz CT molecular complexity index is 910. The van der Waals surface area contributed by atoms with Crippen molar-refractivity contribution in [2.45, 2.75) is 43.6 Å². The van der Waals surface area contributed by atoms with Gasteiger partial charge in [-0.25, -0.2) is 18.0 Å². The quantitative estimate of drug-likeness (QED) is 0.767. The maximum atomic E-state index is 14.1. The molecule has 2 aliphatic rings. The van der Waals surface area contributed by atoms with Gasteiger partial charge in [-0.1, -0.05) is 30.3 Å². The van der Waals surface area contributed by atoms with Gasteiger partial charge in [-0.2, -0.15) is 0 Å². The summed E-state index contributed by atoms with van der Waals surface area (Å²) in [5.74, 6) is -3.37. The number of halogens is 3. The van der Waals surface area contributed by atoms with E-state index in [1.165, 1.54) is 0 Å². The van der Waals surface area contributed by atoms with Gasteiger partial charge in [0.2, 0.25) is 0 Å². The summed E-state index contributed by atoms with van der Waals surface area (Å²) >= 11 is 0. The van der Waals surface area contributed by atoms with E-state index in [2.05, 4.69) is 0 Å². The highest BCUT2D eigenvalue weighted by atomic mass is 19.2. The Morgan fingerprint density at radius 3 is 2.37 bits per heavy atom. The topological polar surface area (TPSA) is 59.0 Å². The van der Waals surface area contributed by atoms with E-state index in [4.69, 9.17) is 9.47 Å². The second-order valence-corrected chi connectivity index (χ2v) is 7.92. The maximum Gasteiger partial charge on any atom is 0.410 e. The van der Waals surface area contributed by atoms with Crippen molar-refractivity contribution in [3.05, 3.63) is 71.0 Å². The van der Waals surface area contributed by atoms with Crippen molar-refractivity contribution in [3.63, 3.8) is 0 Å². The molecule has 5 nitrogen and oxygen atoms in total. The Morgan fingerprint density at radius 1 is 1.07 bits per heavy atom. The summed E-state index contributed by atoms with van der Waals surface area (Å²) in [6, 6.07) is 9.78. The van der Waals surface area contributed by atoms with Crippen LogP contribution in [-0.2, 0) is 22.5 Å². The van der Waals surface area contributed by atoms with Crippen LogP contribution in [0.3, 0.4) is 0 Å². The van der Waals surface area contributed by atoms with Crippen molar-refractivity contribution in [2.75, 3.05) is 13.2 Å². The van der Waals surface area contributed by atoms with Crippen LogP contribution in [0.25, 0.3) is 0 Å². The van der Waals surface area contributed by atoms with Crippen LogP contribution in [0.1, 0.15) is 24.0 Å². The number of carbonyl (C=O) groups excluding carboxylic acids is 1. The average Bonchev–Trinajstić information content (AvgIpc) is 2.72. The van der Waals surface area contributed by atoms with E-state index in [1.807, 2.05) is 30.3 Å². The second-order valence-electron chi connectivity index (χ2n) is 7.92. The highest BCUT2D eigenvalue weighted by Crippen LogP contribution is 2.38. The fraction of sp³-hybridized carbons (Fsp3) is 0.409. The van der Waals surface area contributed by atoms with Crippen molar-refractivity contribution in [2.24, 2.45) is 0 Å². The average molecular weight is 421 g/mol. The zero-order chi connectivity index (χ0) is 21.3. The largest absolute Gasteiger partial charge is 0.445 e. The predicted molar refractivity (Wildman–Crippen MR) is 101 cm³/mol. The molecule has 2 atom stereocenters. The number of fused-ring (bicyclic) bond motifs is 2. The van der Waals surface area contributed by atoms with Gasteiger partial charge in [0, 0.05) is 12.0 Å². The Morgan fingerprint density at radius 2 is 1.70 bits per heavy atom. The van der Waals surface area contributed by atoms with Gasteiger partial charge >= 0.3 is 6.09 Å². The number of morpholine rings is 1. The van der Waals surface area contributed by atoms with E-state index in [0.29, 0.717) is 6.07 Å². The van der Waals surface area contributed by atoms with Gasteiger partial charge in [0.15, 0.2) is 11.6 Å². The highest BCUT2D eigenvalue weighted by Gasteiger charge is 2.49. The molecule has 2 heterocycles. The van der Waals surface area contributed by atoms with Gasteiger partial charge in [0.25, 0.3) is 0 Å². The number of rotatable bonds is 4. The molecule has 2 unspecified atom stereocenters. The molecule has 2 aliphatic heterocycles. The van der Waals surface area contributed by atoms with Crippen molar-refractivity contribution >= 4 is 6.09 Å². The summed E-state index contributed by atoms with van der Waals surface area (Å²) in [5, 5.41) is 11.1. The minimum absolute atomic E-state index is 0.0410. The zero-order valence-electron chi connectivity index (χ0n) is 16.2. The molecule has 0 saturated carbocycles. The van der Waals surface area contributed by atoms with E-state index in [1.54, 1.807) is 4.90 Å². The lowest BCUT2D eigenvalue weighted by molar-refractivity contribution is -0.133. The number of ether oxygens (including phenoxy) is 2. The van der Waals surface area contributed by atoms with Gasteiger partial charge in [-0.3, -0.25) is 4.90 Å². The normalized spacial score (nSPS) is 25.8. The van der Waals surface area contributed by atoms with E-state index >= 15 is 0 Å². The van der Waals surface area contributed by atoms with E-state index in [0.717, 1.165) is 11.6 Å². The minimum atomic E-state index is -1.50. The smallest absolute Gasteiger partial charge is 0.410 e. The molecule has 0 aromatic heterocycles. The number of hydrogen-bond acceptors (Lipinski definition) is 4. The van der Waals surface area contributed by atoms with Crippen molar-refractivity contribution in [3.8, 4) is 0 Å². The summed E-state index contributed by atoms with van der Waals surface area (Å²) in [5.41, 5.74) is -1.14. The SMILES string of the molecule is O=C(OCc1ccccc1)N1C2COCC1CC(O)(Cc1c(F)ccc(F)c1F)C2. The molecule has 0 spiro atoms. The van der Waals surface area contributed by atoms with Crippen LogP contribution in [0.4, 0.5) is 18.0 Å². The second kappa shape index (κ2) is 8.28. The summed E-state index contributed by atoms with van der Waals surface area (Å²) in [6.07, 6.45) is -0.830. The molecule has 8 heteroatoms. The molecule has 0 radical (unpaired) electrons. The first-order chi connectivity index (χ1) is 14.4. The number of amides is 1. The number of hydrogen-bond donors (Lipinski definition) is 1. The molecule has 2 bridgehead atoms. The van der Waals surface area contributed by atoms with Crippen LogP contribution in [0, 0.1) is 17.5 Å². The van der Waals surface area contributed by atoms with Gasteiger partial charge in [-0.15, -0.1) is 0 Å². The van der Waals surface area contributed by atoms with Gasteiger partial charge in [-0.05, 0) is 30.5 Å². The number of nitrogens with zero attached hydrogens (tertiary/aromatic N) is 1. The Balaban J connectivity index is 1.48. The first kappa shape index (κ1) is 20.7. The fourth-order valence-corrected chi connectivity index (χ4v) is 4.37. The molecular weight excluding hydrogens is 399 g/mol. The molecule has 30 heavy (non-hydrogen) atoms. The molecule has 160 valence electrons. The molecule has 1 N–H and O–H groups in total. The highest BCUT2D eigenvalue weighted by molar-refractivity contribution is 5.69.